The van der Waals surface area contributed by atoms with Crippen molar-refractivity contribution in [3.63, 3.8) is 0 Å². The molecule has 0 aromatic heterocycles. The van der Waals surface area contributed by atoms with E-state index in [-0.39, 0.29) is 30.7 Å². The predicted molar refractivity (Wildman–Crippen MR) is 102 cm³/mol. The fourth-order valence-corrected chi connectivity index (χ4v) is 3.48. The molecule has 3 rings (SSSR count). The Hall–Kier alpha value is -2.61. The second-order valence-corrected chi connectivity index (χ2v) is 7.43. The summed E-state index contributed by atoms with van der Waals surface area (Å²) in [6, 6.07) is 7.35. The van der Waals surface area contributed by atoms with Crippen LogP contribution >= 0.6 is 0 Å². The van der Waals surface area contributed by atoms with Gasteiger partial charge in [-0.1, -0.05) is 12.1 Å². The zero-order chi connectivity index (χ0) is 19.4. The van der Waals surface area contributed by atoms with Crippen LogP contribution in [0.4, 0.5) is 5.69 Å². The molecule has 0 radical (unpaired) electrons. The number of amides is 3. The van der Waals surface area contributed by atoms with Crippen LogP contribution in [0.15, 0.2) is 24.3 Å². The van der Waals surface area contributed by atoms with E-state index in [4.69, 9.17) is 0 Å². The van der Waals surface area contributed by atoms with Crippen molar-refractivity contribution < 1.29 is 14.4 Å². The maximum Gasteiger partial charge on any atom is 0.255 e. The van der Waals surface area contributed by atoms with E-state index in [0.29, 0.717) is 31.5 Å². The van der Waals surface area contributed by atoms with Crippen molar-refractivity contribution in [3.05, 3.63) is 29.8 Å². The van der Waals surface area contributed by atoms with Gasteiger partial charge in [-0.3, -0.25) is 14.4 Å². The van der Waals surface area contributed by atoms with E-state index in [0.717, 1.165) is 12.2 Å². The van der Waals surface area contributed by atoms with E-state index in [1.807, 2.05) is 37.2 Å². The Labute approximate surface area is 159 Å². The summed E-state index contributed by atoms with van der Waals surface area (Å²) in [7, 11) is 3.88. The van der Waals surface area contributed by atoms with Crippen LogP contribution in [0.3, 0.4) is 0 Å². The topological polar surface area (TPSA) is 93.8 Å². The molecule has 0 unspecified atom stereocenters. The molecule has 1 aromatic carbocycles. The lowest BCUT2D eigenvalue weighted by Gasteiger charge is -2.39. The highest BCUT2D eigenvalue weighted by molar-refractivity contribution is 6.02. The van der Waals surface area contributed by atoms with Crippen molar-refractivity contribution in [1.29, 1.82) is 0 Å². The Morgan fingerprint density at radius 3 is 2.78 bits per heavy atom. The Morgan fingerprint density at radius 1 is 1.22 bits per heavy atom. The number of para-hydroxylation sites is 1. The third kappa shape index (κ3) is 4.57. The van der Waals surface area contributed by atoms with Crippen LogP contribution in [0.25, 0.3) is 0 Å². The maximum absolute atomic E-state index is 12.5. The highest BCUT2D eigenvalue weighted by atomic mass is 16.2. The Morgan fingerprint density at radius 2 is 2.00 bits per heavy atom. The summed E-state index contributed by atoms with van der Waals surface area (Å²) < 4.78 is 0. The molecule has 2 aliphatic heterocycles. The van der Waals surface area contributed by atoms with E-state index in [9.17, 15) is 14.4 Å². The largest absolute Gasteiger partial charge is 0.362 e. The summed E-state index contributed by atoms with van der Waals surface area (Å²) in [6.07, 6.45) is 1.31. The number of fused-ring (bicyclic) bond motifs is 1. The molecule has 146 valence electrons. The van der Waals surface area contributed by atoms with E-state index >= 15 is 0 Å². The van der Waals surface area contributed by atoms with Crippen LogP contribution in [0.5, 0.6) is 0 Å². The lowest BCUT2D eigenvalue weighted by molar-refractivity contribution is -0.135. The third-order valence-electron chi connectivity index (χ3n) is 5.04. The van der Waals surface area contributed by atoms with Gasteiger partial charge in [0.05, 0.1) is 12.1 Å². The summed E-state index contributed by atoms with van der Waals surface area (Å²) in [5.74, 6) is -0.358. The molecule has 3 N–H and O–H groups in total. The Balaban J connectivity index is 1.62. The van der Waals surface area contributed by atoms with E-state index in [1.54, 1.807) is 11.0 Å². The number of nitrogens with one attached hydrogen (secondary N) is 3. The Bertz CT molecular complexity index is 736. The Kier molecular flexibility index (Phi) is 5.65. The molecule has 1 fully saturated rings. The van der Waals surface area contributed by atoms with Crippen molar-refractivity contribution in [1.82, 2.24) is 20.4 Å². The first kappa shape index (κ1) is 19.2. The average Bonchev–Trinajstić information content (AvgIpc) is 2.76. The molecule has 1 spiro atoms. The van der Waals surface area contributed by atoms with Crippen molar-refractivity contribution in [2.75, 3.05) is 45.6 Å². The molecule has 2 aliphatic rings. The van der Waals surface area contributed by atoms with Crippen molar-refractivity contribution >= 4 is 23.4 Å². The van der Waals surface area contributed by atoms with Crippen LogP contribution in [0.2, 0.25) is 0 Å². The average molecular weight is 373 g/mol. The monoisotopic (exact) mass is 373 g/mol. The molecular formula is C19H27N5O3. The number of anilines is 1. The van der Waals surface area contributed by atoms with Crippen LogP contribution in [0.1, 0.15) is 29.6 Å². The van der Waals surface area contributed by atoms with Gasteiger partial charge in [-0.15, -0.1) is 0 Å². The van der Waals surface area contributed by atoms with Crippen LogP contribution in [-0.2, 0) is 9.59 Å². The molecule has 8 nitrogen and oxygen atoms in total. The van der Waals surface area contributed by atoms with Crippen LogP contribution in [0, 0.1) is 0 Å². The first-order valence-electron chi connectivity index (χ1n) is 9.27. The summed E-state index contributed by atoms with van der Waals surface area (Å²) in [6.45, 7) is 1.76. The van der Waals surface area contributed by atoms with Gasteiger partial charge in [0.1, 0.15) is 5.66 Å². The van der Waals surface area contributed by atoms with E-state index < -0.39 is 5.66 Å². The lowest BCUT2D eigenvalue weighted by Crippen LogP contribution is -2.58. The van der Waals surface area contributed by atoms with Gasteiger partial charge >= 0.3 is 0 Å². The minimum absolute atomic E-state index is 0.0485. The number of nitrogens with zero attached hydrogens (tertiary/aromatic N) is 2. The molecule has 0 bridgehead atoms. The molecule has 0 aliphatic carbocycles. The first-order chi connectivity index (χ1) is 12.9. The molecule has 8 heteroatoms. The normalized spacial score (nSPS) is 22.1. The molecule has 1 aromatic rings. The van der Waals surface area contributed by atoms with Gasteiger partial charge in [-0.2, -0.15) is 0 Å². The molecule has 0 saturated carbocycles. The third-order valence-corrected chi connectivity index (χ3v) is 5.04. The fourth-order valence-electron chi connectivity index (χ4n) is 3.48. The number of benzene rings is 1. The quantitative estimate of drug-likeness (QED) is 0.687. The lowest BCUT2D eigenvalue weighted by atomic mass is 9.95. The fraction of sp³-hybridized carbons (Fsp3) is 0.526. The predicted octanol–water partition coefficient (Wildman–Crippen LogP) is 0.229. The van der Waals surface area contributed by atoms with Crippen LogP contribution < -0.4 is 16.0 Å². The number of hydrogen-bond donors (Lipinski definition) is 3. The molecule has 1 saturated heterocycles. The minimum atomic E-state index is -0.656. The van der Waals surface area contributed by atoms with Crippen molar-refractivity contribution in [2.45, 2.75) is 24.9 Å². The molecule has 2 heterocycles. The number of carbonyl (C=O) groups excluding carboxylic acids is 3. The maximum atomic E-state index is 12.5. The first-order valence-corrected chi connectivity index (χ1v) is 9.27. The summed E-state index contributed by atoms with van der Waals surface area (Å²) >= 11 is 0. The standard InChI is InChI=1S/C19H27N5O3/c1-23(2)12-10-20-16(25)13-24-11-9-19(8-7-17(24)26)21-15-6-4-3-5-14(15)18(27)22-19/h3-6,21H,7-13H2,1-2H3,(H,20,25)(H,22,27)/t19-/m1/s1. The highest BCUT2D eigenvalue weighted by Gasteiger charge is 2.40. The van der Waals surface area contributed by atoms with E-state index in [2.05, 4.69) is 16.0 Å². The number of rotatable bonds is 5. The van der Waals surface area contributed by atoms with Gasteiger partial charge in [0, 0.05) is 38.2 Å². The molecular weight excluding hydrogens is 346 g/mol. The van der Waals surface area contributed by atoms with Crippen molar-refractivity contribution in [3.8, 4) is 0 Å². The van der Waals surface area contributed by atoms with Gasteiger partial charge in [0.25, 0.3) is 5.91 Å². The van der Waals surface area contributed by atoms with Gasteiger partial charge in [0.15, 0.2) is 0 Å². The van der Waals surface area contributed by atoms with Gasteiger partial charge in [-0.05, 0) is 32.6 Å². The zero-order valence-corrected chi connectivity index (χ0v) is 15.9. The van der Waals surface area contributed by atoms with Gasteiger partial charge in [0.2, 0.25) is 11.8 Å². The van der Waals surface area contributed by atoms with Gasteiger partial charge < -0.3 is 25.8 Å². The van der Waals surface area contributed by atoms with Crippen LogP contribution in [-0.4, -0.2) is 73.5 Å². The zero-order valence-electron chi connectivity index (χ0n) is 15.9. The number of hydrogen-bond acceptors (Lipinski definition) is 5. The minimum Gasteiger partial charge on any atom is -0.362 e. The number of likely N-dealkylation sites (N-methyl/N-ethyl adjacent to an activating group) is 1. The molecule has 27 heavy (non-hydrogen) atoms. The summed E-state index contributed by atoms with van der Waals surface area (Å²) in [4.78, 5) is 40.6. The number of likely N-dealkylation sites (tertiary alicyclic amines) is 1. The summed E-state index contributed by atoms with van der Waals surface area (Å²) in [5.41, 5.74) is 0.733. The van der Waals surface area contributed by atoms with E-state index in [1.165, 1.54) is 0 Å². The summed E-state index contributed by atoms with van der Waals surface area (Å²) in [5, 5.41) is 9.27. The second-order valence-electron chi connectivity index (χ2n) is 7.43. The highest BCUT2D eigenvalue weighted by Crippen LogP contribution is 2.31. The molecule has 3 amide bonds. The second kappa shape index (κ2) is 7.96. The number of carbonyl (C=O) groups is 3. The smallest absolute Gasteiger partial charge is 0.255 e. The van der Waals surface area contributed by atoms with Crippen molar-refractivity contribution in [2.24, 2.45) is 0 Å². The molecule has 1 atom stereocenters. The van der Waals surface area contributed by atoms with Gasteiger partial charge in [-0.25, -0.2) is 0 Å². The SMILES string of the molecule is CN(C)CCNC(=O)CN1CC[C@@]2(CCC1=O)NC(=O)c1ccccc1N2.